The van der Waals surface area contributed by atoms with Crippen LogP contribution in [0.2, 0.25) is 0 Å². The second-order valence-corrected chi connectivity index (χ2v) is 7.54. The topological polar surface area (TPSA) is 89.5 Å². The summed E-state index contributed by atoms with van der Waals surface area (Å²) < 4.78 is 30.2. The zero-order valence-electron chi connectivity index (χ0n) is 14.7. The van der Waals surface area contributed by atoms with E-state index in [0.717, 1.165) is 11.8 Å². The third-order valence-corrected chi connectivity index (χ3v) is 4.80. The van der Waals surface area contributed by atoms with Gasteiger partial charge in [-0.15, -0.1) is 10.2 Å². The average Bonchev–Trinajstić information content (AvgIpc) is 2.68. The summed E-state index contributed by atoms with van der Waals surface area (Å²) in [6, 6.07) is 18.4. The standard InChI is InChI=1S/C19H17N3O4S/c1-26-16-10-8-14(9-11-16)17-12-13-18(21-20-17)22(27(2,24)25)19(23)15-6-4-3-5-7-15/h3-13H,1-2H3. The van der Waals surface area contributed by atoms with Gasteiger partial charge in [0, 0.05) is 11.1 Å². The highest BCUT2D eigenvalue weighted by molar-refractivity contribution is 7.92. The Balaban J connectivity index is 1.95. The van der Waals surface area contributed by atoms with Gasteiger partial charge in [0.2, 0.25) is 10.0 Å². The average molecular weight is 383 g/mol. The van der Waals surface area contributed by atoms with Crippen molar-refractivity contribution in [2.45, 2.75) is 0 Å². The summed E-state index contributed by atoms with van der Waals surface area (Å²) in [6.07, 6.45) is 0.951. The van der Waals surface area contributed by atoms with Crippen molar-refractivity contribution in [3.8, 4) is 17.0 Å². The van der Waals surface area contributed by atoms with E-state index in [1.165, 1.54) is 6.07 Å². The minimum atomic E-state index is -3.89. The highest BCUT2D eigenvalue weighted by atomic mass is 32.2. The Labute approximate surface area is 157 Å². The maximum Gasteiger partial charge on any atom is 0.273 e. The molecule has 1 aromatic heterocycles. The molecule has 3 aromatic rings. The second-order valence-electron chi connectivity index (χ2n) is 5.70. The number of sulfonamides is 1. The van der Waals surface area contributed by atoms with Crippen LogP contribution in [0.1, 0.15) is 10.4 Å². The third-order valence-electron chi connectivity index (χ3n) is 3.78. The first kappa shape index (κ1) is 18.5. The number of carbonyl (C=O) groups is 1. The molecule has 0 spiro atoms. The number of benzene rings is 2. The molecule has 0 unspecified atom stereocenters. The van der Waals surface area contributed by atoms with E-state index < -0.39 is 15.9 Å². The van der Waals surface area contributed by atoms with Crippen LogP contribution in [0.25, 0.3) is 11.3 Å². The van der Waals surface area contributed by atoms with Crippen LogP contribution in [-0.4, -0.2) is 37.9 Å². The maximum atomic E-state index is 12.7. The number of hydrogen-bond acceptors (Lipinski definition) is 6. The van der Waals surface area contributed by atoms with E-state index in [9.17, 15) is 13.2 Å². The predicted molar refractivity (Wildman–Crippen MR) is 102 cm³/mol. The first-order valence-corrected chi connectivity index (χ1v) is 9.83. The summed E-state index contributed by atoms with van der Waals surface area (Å²) in [4.78, 5) is 12.7. The molecule has 0 atom stereocenters. The molecule has 1 heterocycles. The molecule has 138 valence electrons. The lowest BCUT2D eigenvalue weighted by Crippen LogP contribution is -2.37. The van der Waals surface area contributed by atoms with E-state index in [1.807, 2.05) is 12.1 Å². The highest BCUT2D eigenvalue weighted by Gasteiger charge is 2.28. The Morgan fingerprint density at radius 1 is 0.926 bits per heavy atom. The number of anilines is 1. The van der Waals surface area contributed by atoms with Crippen LogP contribution < -0.4 is 9.04 Å². The van der Waals surface area contributed by atoms with Gasteiger partial charge in [0.1, 0.15) is 5.75 Å². The third kappa shape index (κ3) is 4.12. The van der Waals surface area contributed by atoms with E-state index in [0.29, 0.717) is 15.7 Å². The molecule has 0 aliphatic carbocycles. The molecule has 27 heavy (non-hydrogen) atoms. The Morgan fingerprint density at radius 2 is 1.59 bits per heavy atom. The number of ether oxygens (including phenoxy) is 1. The van der Waals surface area contributed by atoms with Gasteiger partial charge in [0.25, 0.3) is 5.91 Å². The van der Waals surface area contributed by atoms with Crippen LogP contribution in [0.4, 0.5) is 5.82 Å². The molecule has 0 aliphatic rings. The Hall–Kier alpha value is -3.26. The fraction of sp³-hybridized carbons (Fsp3) is 0.105. The molecule has 0 N–H and O–H groups in total. The zero-order chi connectivity index (χ0) is 19.4. The minimum absolute atomic E-state index is 0.0661. The SMILES string of the molecule is COc1ccc(-c2ccc(N(C(=O)c3ccccc3)S(C)(=O)=O)nn2)cc1. The summed E-state index contributed by atoms with van der Waals surface area (Å²) in [5.74, 6) is -0.0479. The number of amides is 1. The van der Waals surface area contributed by atoms with Crippen LogP contribution in [0.3, 0.4) is 0 Å². The molecule has 3 rings (SSSR count). The van der Waals surface area contributed by atoms with Gasteiger partial charge in [-0.05, 0) is 48.5 Å². The monoisotopic (exact) mass is 383 g/mol. The summed E-state index contributed by atoms with van der Waals surface area (Å²) in [5, 5.41) is 8.02. The number of methoxy groups -OCH3 is 1. The van der Waals surface area contributed by atoms with Gasteiger partial charge >= 0.3 is 0 Å². The fourth-order valence-corrected chi connectivity index (χ4v) is 3.32. The van der Waals surface area contributed by atoms with Crippen molar-refractivity contribution in [3.05, 3.63) is 72.3 Å². The quantitative estimate of drug-likeness (QED) is 0.673. The van der Waals surface area contributed by atoms with E-state index in [-0.39, 0.29) is 11.4 Å². The van der Waals surface area contributed by atoms with E-state index in [4.69, 9.17) is 4.74 Å². The van der Waals surface area contributed by atoms with Crippen molar-refractivity contribution in [2.75, 3.05) is 17.7 Å². The van der Waals surface area contributed by atoms with E-state index >= 15 is 0 Å². The van der Waals surface area contributed by atoms with Crippen LogP contribution in [0.5, 0.6) is 5.75 Å². The predicted octanol–water partition coefficient (Wildman–Crippen LogP) is 2.76. The lowest BCUT2D eigenvalue weighted by molar-refractivity contribution is 0.100. The summed E-state index contributed by atoms with van der Waals surface area (Å²) in [7, 11) is -2.31. The molecule has 0 fully saturated rings. The molecule has 2 aromatic carbocycles. The molecule has 1 amide bonds. The van der Waals surface area contributed by atoms with Crippen molar-refractivity contribution < 1.29 is 17.9 Å². The lowest BCUT2D eigenvalue weighted by atomic mass is 10.1. The smallest absolute Gasteiger partial charge is 0.273 e. The molecule has 0 aliphatic heterocycles. The van der Waals surface area contributed by atoms with Gasteiger partial charge < -0.3 is 4.74 Å². The van der Waals surface area contributed by atoms with E-state index in [1.54, 1.807) is 55.6 Å². The highest BCUT2D eigenvalue weighted by Crippen LogP contribution is 2.23. The van der Waals surface area contributed by atoms with Gasteiger partial charge in [-0.25, -0.2) is 8.42 Å². The maximum absolute atomic E-state index is 12.7. The minimum Gasteiger partial charge on any atom is -0.497 e. The normalized spacial score (nSPS) is 11.0. The summed E-state index contributed by atoms with van der Waals surface area (Å²) >= 11 is 0. The molecule has 0 radical (unpaired) electrons. The van der Waals surface area contributed by atoms with Crippen LogP contribution in [0, 0.1) is 0 Å². The molecule has 0 bridgehead atoms. The van der Waals surface area contributed by atoms with Crippen molar-refractivity contribution >= 4 is 21.7 Å². The number of carbonyl (C=O) groups excluding carboxylic acids is 1. The molecule has 7 nitrogen and oxygen atoms in total. The first-order valence-electron chi connectivity index (χ1n) is 7.98. The van der Waals surface area contributed by atoms with Crippen LogP contribution >= 0.6 is 0 Å². The Kier molecular flexibility index (Phi) is 5.18. The number of aromatic nitrogens is 2. The zero-order valence-corrected chi connectivity index (χ0v) is 15.6. The Morgan fingerprint density at radius 3 is 2.11 bits per heavy atom. The number of rotatable bonds is 5. The lowest BCUT2D eigenvalue weighted by Gasteiger charge is -2.19. The molecular weight excluding hydrogens is 366 g/mol. The Bertz CT molecular complexity index is 1030. The van der Waals surface area contributed by atoms with Gasteiger partial charge in [-0.1, -0.05) is 18.2 Å². The van der Waals surface area contributed by atoms with Crippen LogP contribution in [0.15, 0.2) is 66.7 Å². The van der Waals surface area contributed by atoms with Crippen LogP contribution in [-0.2, 0) is 10.0 Å². The van der Waals surface area contributed by atoms with Crippen molar-refractivity contribution in [1.82, 2.24) is 10.2 Å². The second kappa shape index (κ2) is 7.55. The number of nitrogens with zero attached hydrogens (tertiary/aromatic N) is 3. The van der Waals surface area contributed by atoms with Gasteiger partial charge in [-0.3, -0.25) is 4.79 Å². The number of hydrogen-bond donors (Lipinski definition) is 0. The molecule has 8 heteroatoms. The first-order chi connectivity index (χ1) is 12.9. The summed E-state index contributed by atoms with van der Waals surface area (Å²) in [5.41, 5.74) is 1.57. The van der Waals surface area contributed by atoms with Gasteiger partial charge in [0.15, 0.2) is 5.82 Å². The summed E-state index contributed by atoms with van der Waals surface area (Å²) in [6.45, 7) is 0. The van der Waals surface area contributed by atoms with E-state index in [2.05, 4.69) is 10.2 Å². The molecule has 0 saturated carbocycles. The molecule has 0 saturated heterocycles. The fourth-order valence-electron chi connectivity index (χ4n) is 2.47. The molecular formula is C19H17N3O4S. The largest absolute Gasteiger partial charge is 0.497 e. The van der Waals surface area contributed by atoms with Gasteiger partial charge in [0.05, 0.1) is 19.1 Å². The van der Waals surface area contributed by atoms with Gasteiger partial charge in [-0.2, -0.15) is 4.31 Å². The van der Waals surface area contributed by atoms with Crippen molar-refractivity contribution in [3.63, 3.8) is 0 Å². The van der Waals surface area contributed by atoms with Crippen molar-refractivity contribution in [1.29, 1.82) is 0 Å². The van der Waals surface area contributed by atoms with Crippen molar-refractivity contribution in [2.24, 2.45) is 0 Å².